The summed E-state index contributed by atoms with van der Waals surface area (Å²) in [6.45, 7) is -0.142. The second kappa shape index (κ2) is 5.66. The Labute approximate surface area is 117 Å². The van der Waals surface area contributed by atoms with Crippen molar-refractivity contribution in [3.05, 3.63) is 51.4 Å². The standard InChI is InChI=1S/C12H11BrN4O2/c13-9-6-8(14)3-4-10(9)16-11(18)7-17-12(19)2-1-5-15-17/h1-6H,7,14H2,(H,16,18). The molecule has 0 aliphatic heterocycles. The van der Waals surface area contributed by atoms with E-state index >= 15 is 0 Å². The average Bonchev–Trinajstić information content (AvgIpc) is 2.36. The molecule has 0 saturated heterocycles. The molecule has 0 aliphatic rings. The first-order chi connectivity index (χ1) is 9.06. The zero-order chi connectivity index (χ0) is 13.8. The molecular weight excluding hydrogens is 312 g/mol. The predicted molar refractivity (Wildman–Crippen MR) is 75.7 cm³/mol. The van der Waals surface area contributed by atoms with E-state index in [1.165, 1.54) is 18.3 Å². The van der Waals surface area contributed by atoms with Crippen molar-refractivity contribution in [3.63, 3.8) is 0 Å². The van der Waals surface area contributed by atoms with Gasteiger partial charge >= 0.3 is 0 Å². The molecule has 2 rings (SSSR count). The van der Waals surface area contributed by atoms with Crippen LogP contribution in [0.1, 0.15) is 0 Å². The first kappa shape index (κ1) is 13.3. The van der Waals surface area contributed by atoms with E-state index in [1.54, 1.807) is 18.2 Å². The zero-order valence-electron chi connectivity index (χ0n) is 9.84. The van der Waals surface area contributed by atoms with Crippen molar-refractivity contribution < 1.29 is 4.79 Å². The third kappa shape index (κ3) is 3.41. The number of carbonyl (C=O) groups excluding carboxylic acids is 1. The second-order valence-corrected chi connectivity index (χ2v) is 4.66. The molecule has 0 radical (unpaired) electrons. The molecule has 0 bridgehead atoms. The molecule has 1 heterocycles. The molecule has 1 aromatic carbocycles. The molecule has 0 spiro atoms. The number of nitrogen functional groups attached to an aromatic ring is 1. The molecule has 0 aliphatic carbocycles. The van der Waals surface area contributed by atoms with Crippen molar-refractivity contribution in [2.24, 2.45) is 0 Å². The Hall–Kier alpha value is -2.15. The number of nitrogens with two attached hydrogens (primary N) is 1. The van der Waals surface area contributed by atoms with Crippen LogP contribution in [0.15, 0.2) is 45.8 Å². The van der Waals surface area contributed by atoms with Gasteiger partial charge in [0.05, 0.1) is 5.69 Å². The molecule has 0 fully saturated rings. The number of hydrogen-bond acceptors (Lipinski definition) is 4. The van der Waals surface area contributed by atoms with Gasteiger partial charge in [0.2, 0.25) is 5.91 Å². The molecule has 1 aromatic heterocycles. The second-order valence-electron chi connectivity index (χ2n) is 3.81. The van der Waals surface area contributed by atoms with E-state index in [0.29, 0.717) is 15.8 Å². The van der Waals surface area contributed by atoms with Gasteiger partial charge in [-0.2, -0.15) is 5.10 Å². The lowest BCUT2D eigenvalue weighted by atomic mass is 10.3. The van der Waals surface area contributed by atoms with Crippen LogP contribution in [0.3, 0.4) is 0 Å². The van der Waals surface area contributed by atoms with Crippen molar-refractivity contribution in [1.82, 2.24) is 9.78 Å². The molecule has 98 valence electrons. The summed E-state index contributed by atoms with van der Waals surface area (Å²) in [6, 6.07) is 7.90. The first-order valence-electron chi connectivity index (χ1n) is 5.43. The Kier molecular flexibility index (Phi) is 3.96. The highest BCUT2D eigenvalue weighted by Gasteiger charge is 2.08. The highest BCUT2D eigenvalue weighted by atomic mass is 79.9. The SMILES string of the molecule is Nc1ccc(NC(=O)Cn2ncccc2=O)c(Br)c1. The minimum absolute atomic E-state index is 0.142. The maximum Gasteiger partial charge on any atom is 0.267 e. The van der Waals surface area contributed by atoms with Crippen LogP contribution in [-0.4, -0.2) is 15.7 Å². The molecule has 0 atom stereocenters. The van der Waals surface area contributed by atoms with Crippen molar-refractivity contribution in [2.45, 2.75) is 6.54 Å². The Bertz CT molecular complexity index is 669. The number of hydrogen-bond donors (Lipinski definition) is 2. The lowest BCUT2D eigenvalue weighted by Gasteiger charge is -2.08. The van der Waals surface area contributed by atoms with Gasteiger partial charge < -0.3 is 11.1 Å². The van der Waals surface area contributed by atoms with Gasteiger partial charge in [0, 0.05) is 22.4 Å². The number of nitrogens with zero attached hydrogens (tertiary/aromatic N) is 2. The smallest absolute Gasteiger partial charge is 0.267 e. The van der Waals surface area contributed by atoms with Crippen LogP contribution in [-0.2, 0) is 11.3 Å². The van der Waals surface area contributed by atoms with Gasteiger partial charge in [-0.3, -0.25) is 9.59 Å². The lowest BCUT2D eigenvalue weighted by Crippen LogP contribution is -2.28. The monoisotopic (exact) mass is 322 g/mol. The Morgan fingerprint density at radius 3 is 2.89 bits per heavy atom. The van der Waals surface area contributed by atoms with E-state index in [9.17, 15) is 9.59 Å². The van der Waals surface area contributed by atoms with Gasteiger partial charge in [-0.15, -0.1) is 0 Å². The summed E-state index contributed by atoms with van der Waals surface area (Å²) in [6.07, 6.45) is 1.45. The quantitative estimate of drug-likeness (QED) is 0.831. The van der Waals surface area contributed by atoms with E-state index in [2.05, 4.69) is 26.3 Å². The molecule has 7 heteroatoms. The molecule has 19 heavy (non-hydrogen) atoms. The van der Waals surface area contributed by atoms with Crippen LogP contribution in [0.4, 0.5) is 11.4 Å². The van der Waals surface area contributed by atoms with E-state index in [-0.39, 0.29) is 18.0 Å². The summed E-state index contributed by atoms with van der Waals surface area (Å²) < 4.78 is 1.76. The molecule has 2 aromatic rings. The molecule has 0 saturated carbocycles. The summed E-state index contributed by atoms with van der Waals surface area (Å²) in [5.41, 5.74) is 6.45. The summed E-state index contributed by atoms with van der Waals surface area (Å²) in [5.74, 6) is -0.341. The lowest BCUT2D eigenvalue weighted by molar-refractivity contribution is -0.117. The summed E-state index contributed by atoms with van der Waals surface area (Å²) in [4.78, 5) is 23.2. The fourth-order valence-corrected chi connectivity index (χ4v) is 1.96. The molecule has 1 amide bonds. The fourth-order valence-electron chi connectivity index (χ4n) is 1.46. The summed E-state index contributed by atoms with van der Waals surface area (Å²) >= 11 is 3.30. The van der Waals surface area contributed by atoms with Gasteiger partial charge in [0.1, 0.15) is 6.54 Å². The number of aromatic nitrogens is 2. The van der Waals surface area contributed by atoms with E-state index in [4.69, 9.17) is 5.73 Å². The third-order valence-electron chi connectivity index (χ3n) is 2.35. The molecule has 3 N–H and O–H groups in total. The number of carbonyl (C=O) groups is 1. The van der Waals surface area contributed by atoms with E-state index < -0.39 is 0 Å². The van der Waals surface area contributed by atoms with Crippen LogP contribution in [0.2, 0.25) is 0 Å². The Morgan fingerprint density at radius 1 is 1.42 bits per heavy atom. The molecule has 6 nitrogen and oxygen atoms in total. The minimum atomic E-state index is -0.341. The van der Waals surface area contributed by atoms with Crippen LogP contribution in [0.25, 0.3) is 0 Å². The number of nitrogens with one attached hydrogen (secondary N) is 1. The Balaban J connectivity index is 2.10. The van der Waals surface area contributed by atoms with Crippen molar-refractivity contribution in [1.29, 1.82) is 0 Å². The number of benzene rings is 1. The van der Waals surface area contributed by atoms with Gasteiger partial charge in [-0.1, -0.05) is 0 Å². The predicted octanol–water partition coefficient (Wildman–Crippen LogP) is 1.23. The topological polar surface area (TPSA) is 90.0 Å². The number of rotatable bonds is 3. The molecule has 0 unspecified atom stereocenters. The van der Waals surface area contributed by atoms with Gasteiger partial charge in [-0.05, 0) is 40.2 Å². The maximum absolute atomic E-state index is 11.8. The van der Waals surface area contributed by atoms with Crippen molar-refractivity contribution in [3.8, 4) is 0 Å². The van der Waals surface area contributed by atoms with Crippen LogP contribution in [0.5, 0.6) is 0 Å². The van der Waals surface area contributed by atoms with Crippen LogP contribution < -0.4 is 16.6 Å². The third-order valence-corrected chi connectivity index (χ3v) is 3.00. The average molecular weight is 323 g/mol. The normalized spacial score (nSPS) is 10.2. The maximum atomic E-state index is 11.8. The number of halogens is 1. The van der Waals surface area contributed by atoms with Crippen LogP contribution in [0, 0.1) is 0 Å². The van der Waals surface area contributed by atoms with Crippen molar-refractivity contribution >= 4 is 33.2 Å². The van der Waals surface area contributed by atoms with Gasteiger partial charge in [0.15, 0.2) is 0 Å². The zero-order valence-corrected chi connectivity index (χ0v) is 11.4. The first-order valence-corrected chi connectivity index (χ1v) is 6.22. The van der Waals surface area contributed by atoms with Gasteiger partial charge in [-0.25, -0.2) is 4.68 Å². The highest BCUT2D eigenvalue weighted by Crippen LogP contribution is 2.24. The molecular formula is C12H11BrN4O2. The highest BCUT2D eigenvalue weighted by molar-refractivity contribution is 9.10. The number of anilines is 2. The Morgan fingerprint density at radius 2 is 2.21 bits per heavy atom. The van der Waals surface area contributed by atoms with Gasteiger partial charge in [0.25, 0.3) is 5.56 Å². The minimum Gasteiger partial charge on any atom is -0.399 e. The number of amides is 1. The van der Waals surface area contributed by atoms with Crippen LogP contribution >= 0.6 is 15.9 Å². The van der Waals surface area contributed by atoms with E-state index in [0.717, 1.165) is 4.68 Å². The van der Waals surface area contributed by atoms with Crippen molar-refractivity contribution in [2.75, 3.05) is 11.1 Å². The summed E-state index contributed by atoms with van der Waals surface area (Å²) in [5, 5.41) is 6.48. The largest absolute Gasteiger partial charge is 0.399 e. The summed E-state index contributed by atoms with van der Waals surface area (Å²) in [7, 11) is 0. The van der Waals surface area contributed by atoms with E-state index in [1.807, 2.05) is 0 Å². The fraction of sp³-hybridized carbons (Fsp3) is 0.0833.